The summed E-state index contributed by atoms with van der Waals surface area (Å²) < 4.78 is 19.3. The Bertz CT molecular complexity index is 663. The number of halogens is 1. The van der Waals surface area contributed by atoms with Crippen LogP contribution in [0.1, 0.15) is 40.5 Å². The number of rotatable bonds is 10. The lowest BCUT2D eigenvalue weighted by atomic mass is 10.00. The molecular formula is C23H33BrO3Si. The number of alkyl halides is 1. The molecule has 5 heteroatoms. The molecule has 0 heterocycles. The molecule has 2 rings (SSSR count). The highest BCUT2D eigenvalue weighted by molar-refractivity contribution is 9.09. The van der Waals surface area contributed by atoms with Crippen LogP contribution in [0.2, 0.25) is 0 Å². The third kappa shape index (κ3) is 6.26. The molecular weight excluding hydrogens is 432 g/mol. The minimum absolute atomic E-state index is 0.223. The van der Waals surface area contributed by atoms with E-state index in [1.54, 1.807) is 7.11 Å². The smallest absolute Gasteiger partial charge is 0.388 e. The molecule has 0 amide bonds. The molecule has 0 spiro atoms. The molecule has 28 heavy (non-hydrogen) atoms. The summed E-state index contributed by atoms with van der Waals surface area (Å²) in [5.74, 6) is 0. The van der Waals surface area contributed by atoms with Gasteiger partial charge in [-0.1, -0.05) is 76.6 Å². The molecule has 0 aliphatic rings. The summed E-state index contributed by atoms with van der Waals surface area (Å²) in [5, 5.41) is 3.14. The van der Waals surface area contributed by atoms with Gasteiger partial charge in [0, 0.05) is 19.0 Å². The van der Waals surface area contributed by atoms with E-state index < -0.39 is 8.56 Å². The second-order valence-corrected chi connectivity index (χ2v) is 11.9. The van der Waals surface area contributed by atoms with Crippen LogP contribution in [0.4, 0.5) is 0 Å². The van der Waals surface area contributed by atoms with Crippen LogP contribution in [-0.4, -0.2) is 38.8 Å². The maximum atomic E-state index is 6.77. The first kappa shape index (κ1) is 23.3. The highest BCUT2D eigenvalue weighted by Gasteiger charge is 2.46. The lowest BCUT2D eigenvalue weighted by Crippen LogP contribution is -2.66. The molecule has 0 bridgehead atoms. The molecule has 0 fully saturated rings. The van der Waals surface area contributed by atoms with Crippen molar-refractivity contribution in [1.29, 1.82) is 0 Å². The quantitative estimate of drug-likeness (QED) is 0.378. The summed E-state index contributed by atoms with van der Waals surface area (Å²) >= 11 is 3.53. The number of hydrogen-bond donors (Lipinski definition) is 0. The third-order valence-corrected chi connectivity index (χ3v) is 8.90. The van der Waals surface area contributed by atoms with E-state index in [9.17, 15) is 0 Å². The van der Waals surface area contributed by atoms with Crippen LogP contribution in [-0.2, 0) is 13.6 Å². The summed E-state index contributed by atoms with van der Waals surface area (Å²) in [6.45, 7) is 8.98. The van der Waals surface area contributed by atoms with E-state index in [-0.39, 0.29) is 11.2 Å². The number of ether oxygens (including phenoxy) is 1. The maximum absolute atomic E-state index is 6.77. The Labute approximate surface area is 179 Å². The summed E-state index contributed by atoms with van der Waals surface area (Å²) in [5.41, 5.74) is -0.558. The van der Waals surface area contributed by atoms with Crippen LogP contribution < -0.4 is 10.4 Å². The van der Waals surface area contributed by atoms with Crippen molar-refractivity contribution in [2.24, 2.45) is 0 Å². The van der Waals surface area contributed by atoms with Gasteiger partial charge in [0.1, 0.15) is 0 Å². The van der Waals surface area contributed by atoms with E-state index >= 15 is 0 Å². The second-order valence-electron chi connectivity index (χ2n) is 8.25. The summed E-state index contributed by atoms with van der Waals surface area (Å²) in [7, 11) is -1.11. The summed E-state index contributed by atoms with van der Waals surface area (Å²) in [6.07, 6.45) is 1.73. The average molecular weight is 466 g/mol. The average Bonchev–Trinajstić information content (AvgIpc) is 2.68. The number of hydrogen-bond acceptors (Lipinski definition) is 3. The first-order chi connectivity index (χ1) is 13.2. The Balaban J connectivity index is 2.42. The van der Waals surface area contributed by atoms with E-state index in [4.69, 9.17) is 13.6 Å². The highest BCUT2D eigenvalue weighted by Crippen LogP contribution is 2.24. The van der Waals surface area contributed by atoms with Crippen molar-refractivity contribution in [1.82, 2.24) is 0 Å². The van der Waals surface area contributed by atoms with Crippen molar-refractivity contribution in [3.63, 3.8) is 0 Å². The first-order valence-electron chi connectivity index (χ1n) is 9.81. The minimum Gasteiger partial charge on any atom is -0.388 e. The molecule has 0 N–H and O–H groups in total. The van der Waals surface area contributed by atoms with Crippen molar-refractivity contribution in [3.05, 3.63) is 60.7 Å². The highest BCUT2D eigenvalue weighted by atomic mass is 79.9. The van der Waals surface area contributed by atoms with Crippen molar-refractivity contribution in [2.45, 2.75) is 51.7 Å². The molecule has 0 saturated carbocycles. The Kier molecular flexibility index (Phi) is 8.46. The van der Waals surface area contributed by atoms with Gasteiger partial charge in [-0.05, 0) is 50.9 Å². The van der Waals surface area contributed by atoms with Gasteiger partial charge in [-0.25, -0.2) is 0 Å². The molecule has 0 radical (unpaired) electrons. The predicted octanol–water partition coefficient (Wildman–Crippen LogP) is 4.65. The zero-order valence-corrected chi connectivity index (χ0v) is 20.3. The molecule has 2 aromatic rings. The van der Waals surface area contributed by atoms with Gasteiger partial charge >= 0.3 is 8.56 Å². The van der Waals surface area contributed by atoms with Crippen LogP contribution >= 0.6 is 15.9 Å². The van der Waals surface area contributed by atoms with Gasteiger partial charge < -0.3 is 13.6 Å². The third-order valence-electron chi connectivity index (χ3n) is 4.81. The van der Waals surface area contributed by atoms with E-state index in [2.05, 4.69) is 92.2 Å². The fourth-order valence-electron chi connectivity index (χ4n) is 3.17. The van der Waals surface area contributed by atoms with Gasteiger partial charge in [0.2, 0.25) is 0 Å². The van der Waals surface area contributed by atoms with Crippen molar-refractivity contribution in [3.8, 4) is 0 Å². The summed E-state index contributed by atoms with van der Waals surface area (Å²) in [6, 6.07) is 20.8. The van der Waals surface area contributed by atoms with Gasteiger partial charge in [-0.3, -0.25) is 0 Å². The van der Waals surface area contributed by atoms with Crippen LogP contribution in [0, 0.1) is 0 Å². The largest absolute Gasteiger partial charge is 0.407 e. The second kappa shape index (κ2) is 10.2. The molecule has 0 aliphatic carbocycles. The molecule has 1 unspecified atom stereocenters. The summed E-state index contributed by atoms with van der Waals surface area (Å²) in [4.78, 5) is 0. The Morgan fingerprint density at radius 1 is 0.821 bits per heavy atom. The van der Waals surface area contributed by atoms with Crippen LogP contribution in [0.25, 0.3) is 0 Å². The zero-order valence-electron chi connectivity index (χ0n) is 17.7. The molecule has 3 nitrogen and oxygen atoms in total. The SMILES string of the molecule is COC(C)(CCBr)CCO[Si](OC(C)(C)C)(c1ccccc1)c1ccccc1. The van der Waals surface area contributed by atoms with Gasteiger partial charge in [0.05, 0.1) is 11.2 Å². The van der Waals surface area contributed by atoms with E-state index in [1.165, 1.54) is 0 Å². The fourth-order valence-corrected chi connectivity index (χ4v) is 7.48. The topological polar surface area (TPSA) is 27.7 Å². The van der Waals surface area contributed by atoms with Crippen LogP contribution in [0.3, 0.4) is 0 Å². The lowest BCUT2D eigenvalue weighted by Gasteiger charge is -2.38. The first-order valence-corrected chi connectivity index (χ1v) is 12.7. The van der Waals surface area contributed by atoms with E-state index in [0.717, 1.165) is 28.5 Å². The molecule has 0 aromatic heterocycles. The van der Waals surface area contributed by atoms with Gasteiger partial charge in [0.25, 0.3) is 0 Å². The Morgan fingerprint density at radius 2 is 1.32 bits per heavy atom. The monoisotopic (exact) mass is 464 g/mol. The molecule has 0 saturated heterocycles. The number of benzene rings is 2. The fraction of sp³-hybridized carbons (Fsp3) is 0.478. The van der Waals surface area contributed by atoms with Crippen molar-refractivity contribution in [2.75, 3.05) is 19.0 Å². The lowest BCUT2D eigenvalue weighted by molar-refractivity contribution is -0.0173. The standard InChI is InChI=1S/C23H33BrO3Si/c1-22(2,3)27-28(20-12-8-6-9-13-20,21-14-10-7-11-15-21)26-19-17-23(4,25-5)16-18-24/h6-15H,16-19H2,1-5H3. The molecule has 0 aliphatic heterocycles. The Hall–Kier alpha value is -0.983. The minimum atomic E-state index is -2.89. The molecule has 2 aromatic carbocycles. The van der Waals surface area contributed by atoms with Crippen LogP contribution in [0.15, 0.2) is 60.7 Å². The van der Waals surface area contributed by atoms with Crippen molar-refractivity contribution >= 4 is 34.9 Å². The predicted molar refractivity (Wildman–Crippen MR) is 123 cm³/mol. The van der Waals surface area contributed by atoms with E-state index in [1.807, 2.05) is 12.1 Å². The van der Waals surface area contributed by atoms with Gasteiger partial charge in [-0.15, -0.1) is 0 Å². The van der Waals surface area contributed by atoms with E-state index in [0.29, 0.717) is 6.61 Å². The number of methoxy groups -OCH3 is 1. The van der Waals surface area contributed by atoms with Crippen LogP contribution in [0.5, 0.6) is 0 Å². The molecule has 154 valence electrons. The zero-order chi connectivity index (χ0) is 20.7. The Morgan fingerprint density at radius 3 is 1.71 bits per heavy atom. The normalized spacial score (nSPS) is 14.6. The maximum Gasteiger partial charge on any atom is 0.407 e. The van der Waals surface area contributed by atoms with Gasteiger partial charge in [0.15, 0.2) is 0 Å². The molecule has 1 atom stereocenters. The van der Waals surface area contributed by atoms with Gasteiger partial charge in [-0.2, -0.15) is 0 Å². The van der Waals surface area contributed by atoms with Crippen molar-refractivity contribution < 1.29 is 13.6 Å².